The number of benzene rings is 2. The molecule has 0 saturated heterocycles. The number of para-hydroxylation sites is 1. The van der Waals surface area contributed by atoms with Crippen LogP contribution in [-0.2, 0) is 10.0 Å². The molecule has 2 rings (SSSR count). The summed E-state index contributed by atoms with van der Waals surface area (Å²) in [6, 6.07) is 8.93. The van der Waals surface area contributed by atoms with Crippen molar-refractivity contribution in [2.24, 2.45) is 5.10 Å². The van der Waals surface area contributed by atoms with Gasteiger partial charge in [0.05, 0.1) is 32.4 Å². The van der Waals surface area contributed by atoms with Crippen LogP contribution < -0.4 is 19.0 Å². The highest BCUT2D eigenvalue weighted by atomic mass is 32.2. The van der Waals surface area contributed by atoms with Gasteiger partial charge in [-0.15, -0.1) is 0 Å². The number of phenolic OH excluding ortho intramolecular Hbond substituents is 1. The predicted octanol–water partition coefficient (Wildman–Crippen LogP) is 1.73. The number of methoxy groups -OCH3 is 3. The average molecular weight is 366 g/mol. The van der Waals surface area contributed by atoms with Crippen molar-refractivity contribution in [2.75, 3.05) is 21.3 Å². The molecule has 0 fully saturated rings. The molecule has 9 heteroatoms. The SMILES string of the molecule is COc1ccc(S(=O)(=O)N/N=C\c2cccc(OC)c2O)cc1OC. The Hall–Kier alpha value is -2.94. The van der Waals surface area contributed by atoms with E-state index in [1.807, 2.05) is 0 Å². The van der Waals surface area contributed by atoms with Gasteiger partial charge in [-0.05, 0) is 24.3 Å². The summed E-state index contributed by atoms with van der Waals surface area (Å²) in [5, 5.41) is 13.6. The van der Waals surface area contributed by atoms with Gasteiger partial charge in [0.25, 0.3) is 10.0 Å². The maximum atomic E-state index is 12.3. The molecule has 2 aromatic rings. The Balaban J connectivity index is 2.22. The number of hydrogen-bond acceptors (Lipinski definition) is 7. The summed E-state index contributed by atoms with van der Waals surface area (Å²) >= 11 is 0. The van der Waals surface area contributed by atoms with Crippen molar-refractivity contribution in [3.8, 4) is 23.0 Å². The lowest BCUT2D eigenvalue weighted by Crippen LogP contribution is -2.18. The van der Waals surface area contributed by atoms with Crippen LogP contribution in [0.2, 0.25) is 0 Å². The van der Waals surface area contributed by atoms with Crippen LogP contribution in [0.5, 0.6) is 23.0 Å². The number of phenols is 1. The van der Waals surface area contributed by atoms with E-state index in [0.29, 0.717) is 11.3 Å². The minimum Gasteiger partial charge on any atom is -0.504 e. The third kappa shape index (κ3) is 4.13. The fourth-order valence-corrected chi connectivity index (χ4v) is 2.82. The number of sulfonamides is 1. The van der Waals surface area contributed by atoms with Crippen molar-refractivity contribution in [2.45, 2.75) is 4.90 Å². The van der Waals surface area contributed by atoms with Gasteiger partial charge in [0, 0.05) is 11.6 Å². The van der Waals surface area contributed by atoms with E-state index in [1.54, 1.807) is 18.2 Å². The van der Waals surface area contributed by atoms with Crippen LogP contribution in [0, 0.1) is 0 Å². The number of nitrogens with zero attached hydrogens (tertiary/aromatic N) is 1. The first kappa shape index (κ1) is 18.4. The second-order valence-corrected chi connectivity index (χ2v) is 6.43. The van der Waals surface area contributed by atoms with Crippen LogP contribution in [0.1, 0.15) is 5.56 Å². The molecular weight excluding hydrogens is 348 g/mol. The van der Waals surface area contributed by atoms with Crippen molar-refractivity contribution >= 4 is 16.2 Å². The number of hydrogen-bond donors (Lipinski definition) is 2. The molecule has 134 valence electrons. The molecule has 0 aliphatic rings. The largest absolute Gasteiger partial charge is 0.504 e. The number of ether oxygens (including phenoxy) is 3. The normalized spacial score (nSPS) is 11.3. The lowest BCUT2D eigenvalue weighted by molar-refractivity contribution is 0.354. The second-order valence-electron chi connectivity index (χ2n) is 4.77. The zero-order valence-electron chi connectivity index (χ0n) is 13.9. The van der Waals surface area contributed by atoms with Crippen molar-refractivity contribution in [3.05, 3.63) is 42.0 Å². The smallest absolute Gasteiger partial charge is 0.276 e. The standard InChI is InChI=1S/C16H18N2O6S/c1-22-13-8-7-12(9-15(13)24-3)25(20,21)18-17-10-11-5-4-6-14(23-2)16(11)19/h4-10,18-19H,1-3H3/b17-10-. The minimum atomic E-state index is -3.91. The first-order valence-corrected chi connectivity index (χ1v) is 8.54. The Kier molecular flexibility index (Phi) is 5.71. The average Bonchev–Trinajstić information content (AvgIpc) is 2.62. The summed E-state index contributed by atoms with van der Waals surface area (Å²) in [4.78, 5) is 2.03. The van der Waals surface area contributed by atoms with E-state index in [2.05, 4.69) is 9.93 Å². The highest BCUT2D eigenvalue weighted by molar-refractivity contribution is 7.89. The molecule has 0 aliphatic carbocycles. The molecule has 25 heavy (non-hydrogen) atoms. The molecular formula is C16H18N2O6S. The van der Waals surface area contributed by atoms with E-state index in [4.69, 9.17) is 14.2 Å². The molecule has 0 aliphatic heterocycles. The summed E-state index contributed by atoms with van der Waals surface area (Å²) in [5.74, 6) is 0.803. The molecule has 8 nitrogen and oxygen atoms in total. The summed E-state index contributed by atoms with van der Waals surface area (Å²) in [7, 11) is 0.361. The van der Waals surface area contributed by atoms with E-state index in [0.717, 1.165) is 0 Å². The molecule has 0 saturated carbocycles. The van der Waals surface area contributed by atoms with E-state index < -0.39 is 10.0 Å². The van der Waals surface area contributed by atoms with Gasteiger partial charge in [-0.25, -0.2) is 4.83 Å². The van der Waals surface area contributed by atoms with Crippen molar-refractivity contribution in [3.63, 3.8) is 0 Å². The Morgan fingerprint density at radius 3 is 2.32 bits per heavy atom. The first-order valence-electron chi connectivity index (χ1n) is 7.05. The summed E-state index contributed by atoms with van der Waals surface area (Å²) in [6.45, 7) is 0. The van der Waals surface area contributed by atoms with Crippen LogP contribution in [-0.4, -0.2) is 41.1 Å². The van der Waals surface area contributed by atoms with E-state index in [-0.39, 0.29) is 22.1 Å². The molecule has 0 atom stereocenters. The topological polar surface area (TPSA) is 106 Å². The third-order valence-corrected chi connectivity index (χ3v) is 4.51. The lowest BCUT2D eigenvalue weighted by atomic mass is 10.2. The third-order valence-electron chi connectivity index (χ3n) is 3.29. The molecule has 0 aromatic heterocycles. The van der Waals surface area contributed by atoms with Gasteiger partial charge < -0.3 is 19.3 Å². The van der Waals surface area contributed by atoms with Crippen molar-refractivity contribution in [1.82, 2.24) is 4.83 Å². The Morgan fingerprint density at radius 1 is 1.00 bits per heavy atom. The molecule has 2 N–H and O–H groups in total. The highest BCUT2D eigenvalue weighted by Gasteiger charge is 2.16. The highest BCUT2D eigenvalue weighted by Crippen LogP contribution is 2.30. The molecule has 0 radical (unpaired) electrons. The van der Waals surface area contributed by atoms with Gasteiger partial charge in [-0.3, -0.25) is 0 Å². The Morgan fingerprint density at radius 2 is 1.68 bits per heavy atom. The van der Waals surface area contributed by atoms with Gasteiger partial charge in [0.15, 0.2) is 23.0 Å². The van der Waals surface area contributed by atoms with E-state index in [9.17, 15) is 13.5 Å². The second kappa shape index (κ2) is 7.75. The Labute approximate surface area is 145 Å². The van der Waals surface area contributed by atoms with Gasteiger partial charge in [0.2, 0.25) is 0 Å². The lowest BCUT2D eigenvalue weighted by Gasteiger charge is -2.09. The minimum absolute atomic E-state index is 0.0443. The predicted molar refractivity (Wildman–Crippen MR) is 92.1 cm³/mol. The molecule has 2 aromatic carbocycles. The molecule has 0 spiro atoms. The van der Waals surface area contributed by atoms with Crippen molar-refractivity contribution < 1.29 is 27.7 Å². The Bertz CT molecular complexity index is 880. The molecule has 0 unspecified atom stereocenters. The molecule has 0 heterocycles. The number of aromatic hydroxyl groups is 1. The van der Waals surface area contributed by atoms with Gasteiger partial charge >= 0.3 is 0 Å². The summed E-state index contributed by atoms with van der Waals surface area (Å²) in [6.07, 6.45) is 1.18. The molecule has 0 amide bonds. The number of hydrazone groups is 1. The van der Waals surface area contributed by atoms with Gasteiger partial charge in [0.1, 0.15) is 0 Å². The van der Waals surface area contributed by atoms with Crippen LogP contribution in [0.3, 0.4) is 0 Å². The van der Waals surface area contributed by atoms with Crippen molar-refractivity contribution in [1.29, 1.82) is 0 Å². The quantitative estimate of drug-likeness (QED) is 0.571. The van der Waals surface area contributed by atoms with Gasteiger partial charge in [-0.2, -0.15) is 13.5 Å². The van der Waals surface area contributed by atoms with E-state index in [1.165, 1.54) is 45.7 Å². The first-order chi connectivity index (χ1) is 11.9. The van der Waals surface area contributed by atoms with Crippen LogP contribution >= 0.6 is 0 Å². The zero-order valence-corrected chi connectivity index (χ0v) is 14.7. The zero-order chi connectivity index (χ0) is 18.4. The van der Waals surface area contributed by atoms with E-state index >= 15 is 0 Å². The fourth-order valence-electron chi connectivity index (χ4n) is 2.01. The molecule has 0 bridgehead atoms. The number of nitrogens with one attached hydrogen (secondary N) is 1. The summed E-state index contributed by atoms with van der Waals surface area (Å²) < 4.78 is 39.7. The number of rotatable bonds is 7. The monoisotopic (exact) mass is 366 g/mol. The van der Waals surface area contributed by atoms with Gasteiger partial charge in [-0.1, -0.05) is 6.07 Å². The fraction of sp³-hybridized carbons (Fsp3) is 0.188. The maximum absolute atomic E-state index is 12.3. The van der Waals surface area contributed by atoms with Crippen LogP contribution in [0.4, 0.5) is 0 Å². The maximum Gasteiger partial charge on any atom is 0.276 e. The van der Waals surface area contributed by atoms with Crippen LogP contribution in [0.15, 0.2) is 46.4 Å². The van der Waals surface area contributed by atoms with Crippen LogP contribution in [0.25, 0.3) is 0 Å². The summed E-state index contributed by atoms with van der Waals surface area (Å²) in [5.41, 5.74) is 0.300.